The summed E-state index contributed by atoms with van der Waals surface area (Å²) in [6, 6.07) is 0.684. The predicted octanol–water partition coefficient (Wildman–Crippen LogP) is 2.66. The van der Waals surface area contributed by atoms with E-state index in [4.69, 9.17) is 4.74 Å². The number of rotatable bonds is 7. The van der Waals surface area contributed by atoms with Crippen LogP contribution >= 0.6 is 0 Å². The molecule has 0 aromatic carbocycles. The topological polar surface area (TPSA) is 24.5 Å². The third-order valence-corrected chi connectivity index (χ3v) is 4.91. The average Bonchev–Trinajstić information content (AvgIpc) is 2.37. The molecule has 2 rings (SSSR count). The lowest BCUT2D eigenvalue weighted by Gasteiger charge is -2.49. The first-order valence-corrected chi connectivity index (χ1v) is 8.17. The Kier molecular flexibility index (Phi) is 5.67. The molecule has 0 amide bonds. The molecule has 1 aliphatic carbocycles. The smallest absolute Gasteiger partial charge is 0.0685 e. The maximum atomic E-state index is 6.07. The molecule has 19 heavy (non-hydrogen) atoms. The van der Waals surface area contributed by atoms with E-state index in [1.165, 1.54) is 51.5 Å². The fraction of sp³-hybridized carbons (Fsp3) is 1.00. The predicted molar refractivity (Wildman–Crippen MR) is 80.5 cm³/mol. The van der Waals surface area contributed by atoms with Crippen molar-refractivity contribution in [2.45, 2.75) is 63.5 Å². The van der Waals surface area contributed by atoms with Crippen molar-refractivity contribution in [1.82, 2.24) is 10.2 Å². The second kappa shape index (κ2) is 7.05. The summed E-state index contributed by atoms with van der Waals surface area (Å²) in [7, 11) is 4.35. The third-order valence-electron chi connectivity index (χ3n) is 4.91. The molecule has 0 aromatic rings. The zero-order valence-electron chi connectivity index (χ0n) is 13.1. The van der Waals surface area contributed by atoms with Gasteiger partial charge in [-0.25, -0.2) is 0 Å². The van der Waals surface area contributed by atoms with Crippen LogP contribution in [0.25, 0.3) is 0 Å². The molecule has 0 bridgehead atoms. The first-order valence-electron chi connectivity index (χ1n) is 8.17. The summed E-state index contributed by atoms with van der Waals surface area (Å²) in [5, 5.41) is 3.80. The Bertz CT molecular complexity index is 263. The number of ether oxygens (including phenoxy) is 1. The van der Waals surface area contributed by atoms with E-state index in [0.717, 1.165) is 19.1 Å². The van der Waals surface area contributed by atoms with Crippen LogP contribution in [-0.4, -0.2) is 50.3 Å². The molecule has 0 aromatic heterocycles. The van der Waals surface area contributed by atoms with Crippen molar-refractivity contribution in [2.24, 2.45) is 5.92 Å². The van der Waals surface area contributed by atoms with Gasteiger partial charge in [0.05, 0.1) is 5.60 Å². The summed E-state index contributed by atoms with van der Waals surface area (Å²) in [4.78, 5) is 2.30. The molecule has 0 radical (unpaired) electrons. The molecular formula is C16H32N2O. The van der Waals surface area contributed by atoms with Gasteiger partial charge < -0.3 is 15.0 Å². The highest BCUT2D eigenvalue weighted by Gasteiger charge is 2.44. The summed E-state index contributed by atoms with van der Waals surface area (Å²) in [5.41, 5.74) is 0.285. The average molecular weight is 268 g/mol. The maximum Gasteiger partial charge on any atom is 0.0685 e. The van der Waals surface area contributed by atoms with Crippen LogP contribution in [0.1, 0.15) is 51.9 Å². The second-order valence-corrected chi connectivity index (χ2v) is 6.79. The lowest BCUT2D eigenvalue weighted by molar-refractivity contribution is -0.147. The number of hydrogen-bond donors (Lipinski definition) is 1. The van der Waals surface area contributed by atoms with Crippen molar-refractivity contribution in [3.05, 3.63) is 0 Å². The minimum atomic E-state index is 0.285. The van der Waals surface area contributed by atoms with Crippen LogP contribution in [0.2, 0.25) is 0 Å². The summed E-state index contributed by atoms with van der Waals surface area (Å²) in [6.45, 7) is 5.58. The quantitative estimate of drug-likeness (QED) is 0.768. The van der Waals surface area contributed by atoms with Gasteiger partial charge in [0.15, 0.2) is 0 Å². The molecule has 2 unspecified atom stereocenters. The molecule has 2 aliphatic rings. The zero-order chi connectivity index (χ0) is 13.7. The van der Waals surface area contributed by atoms with Gasteiger partial charge in [0, 0.05) is 12.6 Å². The fourth-order valence-electron chi connectivity index (χ4n) is 3.56. The van der Waals surface area contributed by atoms with Crippen LogP contribution in [0.3, 0.4) is 0 Å². The van der Waals surface area contributed by atoms with Gasteiger partial charge in [-0.15, -0.1) is 0 Å². The van der Waals surface area contributed by atoms with E-state index >= 15 is 0 Å². The van der Waals surface area contributed by atoms with Gasteiger partial charge in [0.2, 0.25) is 0 Å². The van der Waals surface area contributed by atoms with Crippen molar-refractivity contribution < 1.29 is 4.74 Å². The van der Waals surface area contributed by atoms with Gasteiger partial charge in [0.1, 0.15) is 0 Å². The van der Waals surface area contributed by atoms with Crippen LogP contribution in [0.5, 0.6) is 0 Å². The van der Waals surface area contributed by atoms with Gasteiger partial charge in [-0.1, -0.05) is 6.92 Å². The van der Waals surface area contributed by atoms with E-state index in [1.54, 1.807) is 0 Å². The van der Waals surface area contributed by atoms with Crippen molar-refractivity contribution in [3.8, 4) is 0 Å². The van der Waals surface area contributed by atoms with Crippen molar-refractivity contribution in [1.29, 1.82) is 0 Å². The standard InChI is InChI=1S/C16H32N2O/c1-4-10-17-15(6-11-18(2)3)14-7-12-19-16(13-14)8-5-9-16/h14-15,17H,4-13H2,1-3H3. The van der Waals surface area contributed by atoms with E-state index in [9.17, 15) is 0 Å². The number of nitrogens with zero attached hydrogens (tertiary/aromatic N) is 1. The largest absolute Gasteiger partial charge is 0.375 e. The molecule has 3 nitrogen and oxygen atoms in total. The Morgan fingerprint density at radius 3 is 2.74 bits per heavy atom. The SMILES string of the molecule is CCCNC(CCN(C)C)C1CCOC2(CCC2)C1. The summed E-state index contributed by atoms with van der Waals surface area (Å²) < 4.78 is 6.07. The summed E-state index contributed by atoms with van der Waals surface area (Å²) in [6.07, 6.45) is 9.02. The molecule has 112 valence electrons. The summed E-state index contributed by atoms with van der Waals surface area (Å²) >= 11 is 0. The molecule has 1 saturated carbocycles. The Morgan fingerprint density at radius 2 is 2.16 bits per heavy atom. The first kappa shape index (κ1) is 15.3. The van der Waals surface area contributed by atoms with Crippen LogP contribution < -0.4 is 5.32 Å². The van der Waals surface area contributed by atoms with Crippen LogP contribution in [0.4, 0.5) is 0 Å². The monoisotopic (exact) mass is 268 g/mol. The number of hydrogen-bond acceptors (Lipinski definition) is 3. The van der Waals surface area contributed by atoms with Crippen molar-refractivity contribution >= 4 is 0 Å². The van der Waals surface area contributed by atoms with Gasteiger partial charge in [-0.2, -0.15) is 0 Å². The summed E-state index contributed by atoms with van der Waals surface area (Å²) in [5.74, 6) is 0.820. The van der Waals surface area contributed by atoms with Crippen LogP contribution in [0, 0.1) is 5.92 Å². The normalized spacial score (nSPS) is 27.5. The van der Waals surface area contributed by atoms with Gasteiger partial charge >= 0.3 is 0 Å². The van der Waals surface area contributed by atoms with E-state index in [2.05, 4.69) is 31.2 Å². The molecule has 3 heteroatoms. The molecule has 1 saturated heterocycles. The lowest BCUT2D eigenvalue weighted by atomic mass is 9.70. The molecule has 1 N–H and O–H groups in total. The highest BCUT2D eigenvalue weighted by atomic mass is 16.5. The molecule has 1 heterocycles. The van der Waals surface area contributed by atoms with E-state index < -0.39 is 0 Å². The highest BCUT2D eigenvalue weighted by molar-refractivity contribution is 4.96. The second-order valence-electron chi connectivity index (χ2n) is 6.79. The van der Waals surface area contributed by atoms with E-state index in [-0.39, 0.29) is 5.60 Å². The highest BCUT2D eigenvalue weighted by Crippen LogP contribution is 2.45. The maximum absolute atomic E-state index is 6.07. The minimum Gasteiger partial charge on any atom is -0.375 e. The van der Waals surface area contributed by atoms with Gasteiger partial charge in [0.25, 0.3) is 0 Å². The van der Waals surface area contributed by atoms with Crippen molar-refractivity contribution in [3.63, 3.8) is 0 Å². The molecule has 2 atom stereocenters. The Labute approximate surface area is 119 Å². The van der Waals surface area contributed by atoms with E-state index in [0.29, 0.717) is 6.04 Å². The zero-order valence-corrected chi connectivity index (χ0v) is 13.1. The molecule has 2 fully saturated rings. The van der Waals surface area contributed by atoms with Crippen LogP contribution in [-0.2, 0) is 4.74 Å². The fourth-order valence-corrected chi connectivity index (χ4v) is 3.56. The third kappa shape index (κ3) is 4.17. The Morgan fingerprint density at radius 1 is 1.37 bits per heavy atom. The lowest BCUT2D eigenvalue weighted by Crippen LogP contribution is -2.50. The molecular weight excluding hydrogens is 236 g/mol. The molecule has 1 aliphatic heterocycles. The number of nitrogens with one attached hydrogen (secondary N) is 1. The molecule has 1 spiro atoms. The van der Waals surface area contributed by atoms with Crippen LogP contribution in [0.15, 0.2) is 0 Å². The first-order chi connectivity index (χ1) is 9.15. The minimum absolute atomic E-state index is 0.285. The van der Waals surface area contributed by atoms with Gasteiger partial charge in [-0.05, 0) is 78.0 Å². The Balaban J connectivity index is 1.87. The van der Waals surface area contributed by atoms with Crippen molar-refractivity contribution in [2.75, 3.05) is 33.8 Å². The van der Waals surface area contributed by atoms with Gasteiger partial charge in [-0.3, -0.25) is 0 Å². The van der Waals surface area contributed by atoms with E-state index in [1.807, 2.05) is 0 Å². The Hall–Kier alpha value is -0.120.